The van der Waals surface area contributed by atoms with Gasteiger partial charge in [-0.1, -0.05) is 0 Å². The maximum atomic E-state index is 10.4. The van der Waals surface area contributed by atoms with E-state index < -0.39 is 10.0 Å². The summed E-state index contributed by atoms with van der Waals surface area (Å²) in [7, 11) is -1.68. The number of sulfonamides is 1. The fourth-order valence-electron chi connectivity index (χ4n) is 0.681. The highest BCUT2D eigenvalue weighted by molar-refractivity contribution is 7.89. The van der Waals surface area contributed by atoms with E-state index in [1.165, 1.54) is 0 Å². The van der Waals surface area contributed by atoms with E-state index in [2.05, 4.69) is 5.32 Å². The molecule has 0 bridgehead atoms. The van der Waals surface area contributed by atoms with Crippen LogP contribution in [0.5, 0.6) is 0 Å². The summed E-state index contributed by atoms with van der Waals surface area (Å²) in [4.78, 5) is 0. The number of methoxy groups -OCH3 is 1. The van der Waals surface area contributed by atoms with E-state index in [0.717, 1.165) is 13.0 Å². The maximum Gasteiger partial charge on any atom is 0.210 e. The van der Waals surface area contributed by atoms with Crippen LogP contribution in [0, 0.1) is 0 Å². The topological polar surface area (TPSA) is 81.4 Å². The average Bonchev–Trinajstić information content (AvgIpc) is 1.94. The van der Waals surface area contributed by atoms with Gasteiger partial charge in [0.2, 0.25) is 10.0 Å². The second-order valence-electron chi connectivity index (χ2n) is 2.46. The zero-order valence-corrected chi connectivity index (χ0v) is 8.06. The molecule has 3 N–H and O–H groups in total. The van der Waals surface area contributed by atoms with Gasteiger partial charge in [0, 0.05) is 20.3 Å². The zero-order valence-electron chi connectivity index (χ0n) is 7.25. The van der Waals surface area contributed by atoms with E-state index in [-0.39, 0.29) is 5.75 Å². The lowest BCUT2D eigenvalue weighted by atomic mass is 10.4. The highest BCUT2D eigenvalue weighted by Gasteiger charge is 1.99. The van der Waals surface area contributed by atoms with Gasteiger partial charge in [0.1, 0.15) is 0 Å². The Kier molecular flexibility index (Phi) is 6.27. The summed E-state index contributed by atoms with van der Waals surface area (Å²) in [5.74, 6) is -0.0139. The minimum absolute atomic E-state index is 0.0139. The number of hydrogen-bond acceptors (Lipinski definition) is 4. The van der Waals surface area contributed by atoms with E-state index in [9.17, 15) is 8.42 Å². The summed E-state index contributed by atoms with van der Waals surface area (Å²) in [6.45, 7) is 1.84. The molecule has 0 aliphatic heterocycles. The number of nitrogens with two attached hydrogens (primary N) is 1. The lowest BCUT2D eigenvalue weighted by Gasteiger charge is -2.02. The van der Waals surface area contributed by atoms with E-state index in [1.807, 2.05) is 0 Å². The Morgan fingerprint density at radius 3 is 2.58 bits per heavy atom. The normalized spacial score (nSPS) is 11.8. The predicted octanol–water partition coefficient (Wildman–Crippen LogP) is -1.10. The van der Waals surface area contributed by atoms with Crippen molar-refractivity contribution < 1.29 is 13.2 Å². The van der Waals surface area contributed by atoms with Crippen LogP contribution in [0.4, 0.5) is 0 Å². The molecule has 0 fully saturated rings. The molecule has 0 spiro atoms. The van der Waals surface area contributed by atoms with Crippen molar-refractivity contribution in [2.45, 2.75) is 6.42 Å². The first-order valence-corrected chi connectivity index (χ1v) is 5.48. The average molecular weight is 196 g/mol. The molecule has 0 atom stereocenters. The zero-order chi connectivity index (χ0) is 9.45. The van der Waals surface area contributed by atoms with Gasteiger partial charge in [-0.2, -0.15) is 0 Å². The molecule has 0 aliphatic carbocycles. The molecular weight excluding hydrogens is 180 g/mol. The van der Waals surface area contributed by atoms with E-state index >= 15 is 0 Å². The summed E-state index contributed by atoms with van der Waals surface area (Å²) in [6, 6.07) is 0. The Hall–Kier alpha value is -0.170. The smallest absolute Gasteiger partial charge is 0.210 e. The van der Waals surface area contributed by atoms with Gasteiger partial charge in [-0.3, -0.25) is 0 Å². The molecular formula is C6H16N2O3S. The Morgan fingerprint density at radius 1 is 1.42 bits per heavy atom. The fourth-order valence-corrected chi connectivity index (χ4v) is 1.11. The van der Waals surface area contributed by atoms with Crippen LogP contribution in [-0.2, 0) is 14.8 Å². The van der Waals surface area contributed by atoms with Crippen LogP contribution in [0.3, 0.4) is 0 Å². The van der Waals surface area contributed by atoms with Crippen molar-refractivity contribution in [3.05, 3.63) is 0 Å². The molecule has 12 heavy (non-hydrogen) atoms. The summed E-state index contributed by atoms with van der Waals surface area (Å²) in [5, 5.41) is 7.72. The van der Waals surface area contributed by atoms with Gasteiger partial charge in [0.15, 0.2) is 0 Å². The van der Waals surface area contributed by atoms with Crippen molar-refractivity contribution in [2.24, 2.45) is 5.14 Å². The number of ether oxygens (including phenoxy) is 1. The van der Waals surface area contributed by atoms with Crippen LogP contribution in [0.25, 0.3) is 0 Å². The molecule has 0 amide bonds. The molecule has 0 aliphatic rings. The van der Waals surface area contributed by atoms with Crippen LogP contribution in [-0.4, -0.2) is 41.0 Å². The lowest BCUT2D eigenvalue weighted by Crippen LogP contribution is -2.28. The van der Waals surface area contributed by atoms with Crippen LogP contribution in [0.2, 0.25) is 0 Å². The number of hydrogen-bond donors (Lipinski definition) is 2. The minimum Gasteiger partial charge on any atom is -0.385 e. The first-order valence-electron chi connectivity index (χ1n) is 3.76. The van der Waals surface area contributed by atoms with Crippen LogP contribution >= 0.6 is 0 Å². The van der Waals surface area contributed by atoms with Crippen molar-refractivity contribution in [1.29, 1.82) is 0 Å². The molecule has 0 rings (SSSR count). The SMILES string of the molecule is COCCCNCCS(N)(=O)=O. The van der Waals surface area contributed by atoms with Gasteiger partial charge in [-0.05, 0) is 13.0 Å². The first kappa shape index (κ1) is 11.8. The number of nitrogens with one attached hydrogen (secondary N) is 1. The lowest BCUT2D eigenvalue weighted by molar-refractivity contribution is 0.194. The van der Waals surface area contributed by atoms with Crippen LogP contribution in [0.1, 0.15) is 6.42 Å². The highest BCUT2D eigenvalue weighted by Crippen LogP contribution is 1.78. The Labute approximate surface area is 73.3 Å². The van der Waals surface area contributed by atoms with Gasteiger partial charge >= 0.3 is 0 Å². The molecule has 0 aromatic rings. The molecule has 0 unspecified atom stereocenters. The summed E-state index contributed by atoms with van der Waals surface area (Å²) in [5.41, 5.74) is 0. The summed E-state index contributed by atoms with van der Waals surface area (Å²) >= 11 is 0. The number of rotatable bonds is 7. The number of primary sulfonamides is 1. The van der Waals surface area contributed by atoms with Crippen molar-refractivity contribution >= 4 is 10.0 Å². The third-order valence-corrected chi connectivity index (χ3v) is 2.04. The van der Waals surface area contributed by atoms with Gasteiger partial charge in [-0.25, -0.2) is 13.6 Å². The van der Waals surface area contributed by atoms with Crippen LogP contribution in [0.15, 0.2) is 0 Å². The molecule has 0 heterocycles. The largest absolute Gasteiger partial charge is 0.385 e. The second kappa shape index (κ2) is 6.36. The highest BCUT2D eigenvalue weighted by atomic mass is 32.2. The standard InChI is InChI=1S/C6H16N2O3S/c1-11-5-2-3-8-4-6-12(7,9)10/h8H,2-6H2,1H3,(H2,7,9,10). The monoisotopic (exact) mass is 196 g/mol. The molecule has 0 saturated heterocycles. The van der Waals surface area contributed by atoms with Gasteiger partial charge in [-0.15, -0.1) is 0 Å². The second-order valence-corrected chi connectivity index (χ2v) is 4.20. The molecule has 0 aromatic heterocycles. The van der Waals surface area contributed by atoms with E-state index in [0.29, 0.717) is 13.2 Å². The molecule has 5 nitrogen and oxygen atoms in total. The van der Waals surface area contributed by atoms with Crippen molar-refractivity contribution in [3.63, 3.8) is 0 Å². The minimum atomic E-state index is -3.31. The Balaban J connectivity index is 3.12. The van der Waals surface area contributed by atoms with Gasteiger partial charge in [0.25, 0.3) is 0 Å². The molecule has 0 aromatic carbocycles. The maximum absolute atomic E-state index is 10.4. The van der Waals surface area contributed by atoms with Crippen molar-refractivity contribution in [2.75, 3.05) is 32.6 Å². The third-order valence-electron chi connectivity index (χ3n) is 1.27. The van der Waals surface area contributed by atoms with Crippen LogP contribution < -0.4 is 10.5 Å². The van der Waals surface area contributed by atoms with Gasteiger partial charge < -0.3 is 10.1 Å². The Morgan fingerprint density at radius 2 is 2.08 bits per heavy atom. The van der Waals surface area contributed by atoms with E-state index in [1.54, 1.807) is 7.11 Å². The molecule has 0 radical (unpaired) electrons. The fraction of sp³-hybridized carbons (Fsp3) is 1.00. The molecule has 74 valence electrons. The van der Waals surface area contributed by atoms with E-state index in [4.69, 9.17) is 9.88 Å². The van der Waals surface area contributed by atoms with Crippen molar-refractivity contribution in [3.8, 4) is 0 Å². The van der Waals surface area contributed by atoms with Crippen molar-refractivity contribution in [1.82, 2.24) is 5.32 Å². The summed E-state index contributed by atoms with van der Waals surface area (Å²) in [6.07, 6.45) is 0.876. The first-order chi connectivity index (χ1) is 5.56. The predicted molar refractivity (Wildman–Crippen MR) is 47.3 cm³/mol. The van der Waals surface area contributed by atoms with Gasteiger partial charge in [0.05, 0.1) is 5.75 Å². The quantitative estimate of drug-likeness (QED) is 0.506. The Bertz CT molecular complexity index is 191. The molecule has 0 saturated carbocycles. The third kappa shape index (κ3) is 9.83. The summed E-state index contributed by atoms with van der Waals surface area (Å²) < 4.78 is 25.7. The molecule has 6 heteroatoms.